The number of rotatable bonds is 9. The number of hydrogen-bond acceptors (Lipinski definition) is 3. The lowest BCUT2D eigenvalue weighted by atomic mass is 9.96. The van der Waals surface area contributed by atoms with Crippen LogP contribution in [0, 0.1) is 26.7 Å². The first-order chi connectivity index (χ1) is 22.8. The lowest BCUT2D eigenvalue weighted by molar-refractivity contribution is 0.482. The Hall–Kier alpha value is -5.16. The van der Waals surface area contributed by atoms with Gasteiger partial charge >= 0.3 is 0 Å². The quantitative estimate of drug-likeness (QED) is 0.162. The second-order valence-corrected chi connectivity index (χ2v) is 13.3. The van der Waals surface area contributed by atoms with Crippen LogP contribution in [0.1, 0.15) is 55.0 Å². The SMILES string of the molecule is CCCc1cc(Oc2ccc3c4ccccc4n(-c4cc(CC(C)C)ccn4)c3c2)cc(-n2cc(-c3c(C)cc(C)cc3C)cn2)c1. The Morgan fingerprint density at radius 3 is 2.34 bits per heavy atom. The molecule has 0 aliphatic heterocycles. The van der Waals surface area contributed by atoms with E-state index in [1.54, 1.807) is 0 Å². The summed E-state index contributed by atoms with van der Waals surface area (Å²) in [6.07, 6.45) is 9.04. The molecule has 0 spiro atoms. The number of para-hydroxylation sites is 1. The molecule has 0 saturated heterocycles. The van der Waals surface area contributed by atoms with Crippen LogP contribution in [0.4, 0.5) is 0 Å². The highest BCUT2D eigenvalue weighted by Gasteiger charge is 2.16. The highest BCUT2D eigenvalue weighted by atomic mass is 16.5. The number of nitrogens with zero attached hydrogens (tertiary/aromatic N) is 4. The molecule has 0 amide bonds. The van der Waals surface area contributed by atoms with Gasteiger partial charge in [-0.25, -0.2) is 9.67 Å². The van der Waals surface area contributed by atoms with Crippen LogP contribution in [0.25, 0.3) is 44.4 Å². The van der Waals surface area contributed by atoms with Crippen molar-refractivity contribution >= 4 is 21.8 Å². The van der Waals surface area contributed by atoms with Crippen LogP contribution >= 0.6 is 0 Å². The predicted molar refractivity (Wildman–Crippen MR) is 194 cm³/mol. The summed E-state index contributed by atoms with van der Waals surface area (Å²) in [5.74, 6) is 3.07. The first kappa shape index (κ1) is 30.5. The standard InChI is InChI=1S/C42H42N4O/c1-7-10-31-20-34(45-26-33(25-44-45)42-29(5)18-28(4)19-30(42)6)23-36(21-31)47-35-13-14-38-37-11-8-9-12-39(37)46(40(38)24-35)41-22-32(15-16-43-41)17-27(2)3/h8-9,11-16,18-27H,7,10,17H2,1-6H3. The van der Waals surface area contributed by atoms with Crippen LogP contribution in [-0.4, -0.2) is 19.3 Å². The molecule has 3 heterocycles. The Balaban J connectivity index is 1.29. The largest absolute Gasteiger partial charge is 0.457 e. The van der Waals surface area contributed by atoms with Crippen molar-refractivity contribution in [3.63, 3.8) is 0 Å². The predicted octanol–water partition coefficient (Wildman–Crippen LogP) is 10.9. The molecular formula is C42H42N4O. The zero-order chi connectivity index (χ0) is 32.7. The summed E-state index contributed by atoms with van der Waals surface area (Å²) in [7, 11) is 0. The minimum atomic E-state index is 0.570. The lowest BCUT2D eigenvalue weighted by Gasteiger charge is -2.13. The van der Waals surface area contributed by atoms with Gasteiger partial charge in [-0.05, 0) is 110 Å². The number of fused-ring (bicyclic) bond motifs is 3. The summed E-state index contributed by atoms with van der Waals surface area (Å²) >= 11 is 0. The van der Waals surface area contributed by atoms with Crippen molar-refractivity contribution in [3.8, 4) is 34.1 Å². The smallest absolute Gasteiger partial charge is 0.137 e. The number of aromatic nitrogens is 4. The molecule has 4 aromatic carbocycles. The monoisotopic (exact) mass is 618 g/mol. The molecule has 0 bridgehead atoms. The van der Waals surface area contributed by atoms with Crippen LogP contribution in [0.15, 0.2) is 104 Å². The van der Waals surface area contributed by atoms with Gasteiger partial charge in [-0.2, -0.15) is 5.10 Å². The van der Waals surface area contributed by atoms with Crippen LogP contribution in [-0.2, 0) is 12.8 Å². The zero-order valence-corrected chi connectivity index (χ0v) is 28.2. The molecule has 0 saturated carbocycles. The highest BCUT2D eigenvalue weighted by Crippen LogP contribution is 2.36. The molecule has 5 nitrogen and oxygen atoms in total. The van der Waals surface area contributed by atoms with E-state index in [0.29, 0.717) is 5.92 Å². The highest BCUT2D eigenvalue weighted by molar-refractivity contribution is 6.09. The Morgan fingerprint density at radius 2 is 1.55 bits per heavy atom. The Kier molecular flexibility index (Phi) is 8.15. The van der Waals surface area contributed by atoms with E-state index < -0.39 is 0 Å². The van der Waals surface area contributed by atoms with Crippen molar-refractivity contribution in [2.24, 2.45) is 5.92 Å². The second-order valence-electron chi connectivity index (χ2n) is 13.3. The third kappa shape index (κ3) is 6.06. The van der Waals surface area contributed by atoms with Crippen LogP contribution < -0.4 is 4.74 Å². The van der Waals surface area contributed by atoms with Gasteiger partial charge in [0, 0.05) is 40.9 Å². The Morgan fingerprint density at radius 1 is 0.766 bits per heavy atom. The number of benzene rings is 4. The summed E-state index contributed by atoms with van der Waals surface area (Å²) in [4.78, 5) is 4.83. The van der Waals surface area contributed by atoms with Crippen LogP contribution in [0.3, 0.4) is 0 Å². The van der Waals surface area contributed by atoms with Gasteiger partial charge in [0.15, 0.2) is 0 Å². The summed E-state index contributed by atoms with van der Waals surface area (Å²) in [6, 6.07) is 30.2. The molecule has 236 valence electrons. The molecule has 0 unspecified atom stereocenters. The molecule has 0 aliphatic carbocycles. The van der Waals surface area contributed by atoms with Crippen molar-refractivity contribution in [2.45, 2.75) is 60.8 Å². The fourth-order valence-corrected chi connectivity index (χ4v) is 7.07. The van der Waals surface area contributed by atoms with E-state index in [1.807, 2.05) is 17.1 Å². The van der Waals surface area contributed by atoms with Crippen molar-refractivity contribution in [3.05, 3.63) is 131 Å². The van der Waals surface area contributed by atoms with Gasteiger partial charge in [0.1, 0.15) is 17.3 Å². The van der Waals surface area contributed by atoms with Gasteiger partial charge < -0.3 is 4.74 Å². The van der Waals surface area contributed by atoms with E-state index in [-0.39, 0.29) is 0 Å². The normalized spacial score (nSPS) is 11.6. The summed E-state index contributed by atoms with van der Waals surface area (Å²) < 4.78 is 10.9. The summed E-state index contributed by atoms with van der Waals surface area (Å²) in [5.41, 5.74) is 11.9. The van der Waals surface area contributed by atoms with Crippen molar-refractivity contribution in [1.29, 1.82) is 0 Å². The zero-order valence-electron chi connectivity index (χ0n) is 28.2. The number of pyridine rings is 1. The van der Waals surface area contributed by atoms with Gasteiger partial charge in [0.2, 0.25) is 0 Å². The Labute approximate surface area is 277 Å². The summed E-state index contributed by atoms with van der Waals surface area (Å²) in [6.45, 7) is 13.2. The van der Waals surface area contributed by atoms with Crippen LogP contribution in [0.5, 0.6) is 11.5 Å². The third-order valence-corrected chi connectivity index (χ3v) is 8.87. The molecule has 3 aromatic heterocycles. The molecule has 0 atom stereocenters. The van der Waals surface area contributed by atoms with Crippen molar-refractivity contribution in [1.82, 2.24) is 19.3 Å². The van der Waals surface area contributed by atoms with Gasteiger partial charge in [-0.3, -0.25) is 4.57 Å². The molecule has 0 aliphatic rings. The first-order valence-corrected chi connectivity index (χ1v) is 16.7. The van der Waals surface area contributed by atoms with E-state index >= 15 is 0 Å². The maximum Gasteiger partial charge on any atom is 0.137 e. The third-order valence-electron chi connectivity index (χ3n) is 8.87. The van der Waals surface area contributed by atoms with E-state index in [0.717, 1.165) is 58.9 Å². The van der Waals surface area contributed by atoms with E-state index in [4.69, 9.17) is 14.8 Å². The maximum atomic E-state index is 6.67. The van der Waals surface area contributed by atoms with Gasteiger partial charge in [0.05, 0.1) is 22.9 Å². The van der Waals surface area contributed by atoms with E-state index in [2.05, 4.69) is 137 Å². The van der Waals surface area contributed by atoms with Crippen molar-refractivity contribution < 1.29 is 4.74 Å². The van der Waals surface area contributed by atoms with Gasteiger partial charge in [0.25, 0.3) is 0 Å². The summed E-state index contributed by atoms with van der Waals surface area (Å²) in [5, 5.41) is 7.18. The minimum absolute atomic E-state index is 0.570. The first-order valence-electron chi connectivity index (χ1n) is 16.7. The van der Waals surface area contributed by atoms with E-state index in [1.165, 1.54) is 44.2 Å². The van der Waals surface area contributed by atoms with Crippen molar-refractivity contribution in [2.75, 3.05) is 0 Å². The maximum absolute atomic E-state index is 6.67. The molecule has 7 aromatic rings. The molecule has 0 radical (unpaired) electrons. The number of aryl methyl sites for hydroxylation is 4. The van der Waals surface area contributed by atoms with Crippen LogP contribution in [0.2, 0.25) is 0 Å². The molecule has 0 N–H and O–H groups in total. The fourth-order valence-electron chi connectivity index (χ4n) is 7.07. The fraction of sp³-hybridized carbons (Fsp3) is 0.238. The lowest BCUT2D eigenvalue weighted by Crippen LogP contribution is -2.01. The van der Waals surface area contributed by atoms with E-state index in [9.17, 15) is 0 Å². The molecule has 5 heteroatoms. The number of hydrogen-bond donors (Lipinski definition) is 0. The van der Waals surface area contributed by atoms with Gasteiger partial charge in [-0.15, -0.1) is 0 Å². The average molecular weight is 619 g/mol. The Bertz CT molecular complexity index is 2210. The molecular weight excluding hydrogens is 576 g/mol. The minimum Gasteiger partial charge on any atom is -0.457 e. The molecule has 7 rings (SSSR count). The molecule has 47 heavy (non-hydrogen) atoms. The molecule has 0 fully saturated rings. The number of ether oxygens (including phenoxy) is 1. The second kappa shape index (κ2) is 12.6. The topological polar surface area (TPSA) is 44.9 Å². The van der Waals surface area contributed by atoms with Gasteiger partial charge in [-0.1, -0.05) is 63.1 Å². The average Bonchev–Trinajstić information content (AvgIpc) is 3.63.